The van der Waals surface area contributed by atoms with Gasteiger partial charge >= 0.3 is 0 Å². The van der Waals surface area contributed by atoms with Gasteiger partial charge in [-0.05, 0) is 59.5 Å². The molecule has 9 heteroatoms. The Labute approximate surface area is 192 Å². The topological polar surface area (TPSA) is 102 Å². The number of fused-ring (bicyclic) bond motifs is 1. The molecular formula is C24H28N6O3. The number of para-hydroxylation sites is 1. The number of aryl methyl sites for hydroxylation is 2. The van der Waals surface area contributed by atoms with E-state index in [0.29, 0.717) is 24.5 Å². The number of amides is 2. The van der Waals surface area contributed by atoms with Crippen LogP contribution in [0.15, 0.2) is 48.5 Å². The number of methoxy groups -OCH3 is 1. The fourth-order valence-corrected chi connectivity index (χ4v) is 4.18. The molecule has 0 bridgehead atoms. The number of nitrogens with one attached hydrogen (secondary N) is 1. The van der Waals surface area contributed by atoms with Gasteiger partial charge in [0.2, 0.25) is 11.8 Å². The number of anilines is 1. The first-order valence-electron chi connectivity index (χ1n) is 11.1. The Morgan fingerprint density at radius 1 is 1.18 bits per heavy atom. The van der Waals surface area contributed by atoms with Crippen molar-refractivity contribution < 1.29 is 14.3 Å². The summed E-state index contributed by atoms with van der Waals surface area (Å²) >= 11 is 0. The minimum Gasteiger partial charge on any atom is -0.497 e. The molecular weight excluding hydrogens is 420 g/mol. The number of benzene rings is 2. The SMILES string of the molecule is COc1cccc(C[C@@H](C(=O)NCCC(=O)N2CCCc3ccccc32)n2nnnc2C)c1. The molecule has 2 amide bonds. The summed E-state index contributed by atoms with van der Waals surface area (Å²) in [7, 11) is 1.60. The molecule has 0 radical (unpaired) electrons. The first kappa shape index (κ1) is 22.4. The van der Waals surface area contributed by atoms with Gasteiger partial charge in [0.15, 0.2) is 0 Å². The lowest BCUT2D eigenvalue weighted by Crippen LogP contribution is -2.40. The summed E-state index contributed by atoms with van der Waals surface area (Å²) in [5.41, 5.74) is 3.08. The van der Waals surface area contributed by atoms with Crippen molar-refractivity contribution in [1.82, 2.24) is 25.5 Å². The first-order chi connectivity index (χ1) is 16.1. The molecule has 0 spiro atoms. The lowest BCUT2D eigenvalue weighted by molar-refractivity contribution is -0.124. The van der Waals surface area contributed by atoms with Gasteiger partial charge in [0, 0.05) is 31.6 Å². The van der Waals surface area contributed by atoms with E-state index >= 15 is 0 Å². The van der Waals surface area contributed by atoms with Crippen molar-refractivity contribution in [3.63, 3.8) is 0 Å². The van der Waals surface area contributed by atoms with E-state index in [9.17, 15) is 9.59 Å². The number of carbonyl (C=O) groups excluding carboxylic acids is 2. The van der Waals surface area contributed by atoms with E-state index in [-0.39, 0.29) is 24.8 Å². The van der Waals surface area contributed by atoms with Crippen molar-refractivity contribution in [2.75, 3.05) is 25.1 Å². The Morgan fingerprint density at radius 3 is 2.82 bits per heavy atom. The zero-order chi connectivity index (χ0) is 23.2. The van der Waals surface area contributed by atoms with Crippen molar-refractivity contribution in [3.8, 4) is 5.75 Å². The molecule has 2 aromatic carbocycles. The standard InChI is InChI=1S/C24H28N6O3/c1-17-26-27-28-30(17)22(16-18-7-5-10-20(15-18)33-2)24(32)25-13-12-23(31)29-14-6-9-19-8-3-4-11-21(19)29/h3-5,7-8,10-11,15,22H,6,9,12-14,16H2,1-2H3,(H,25,32)/t22-/m0/s1. The Bertz CT molecular complexity index is 1130. The maximum atomic E-state index is 13.1. The summed E-state index contributed by atoms with van der Waals surface area (Å²) in [5.74, 6) is 1.03. The van der Waals surface area contributed by atoms with Crippen LogP contribution in [0.25, 0.3) is 0 Å². The van der Waals surface area contributed by atoms with Crippen LogP contribution in [0.4, 0.5) is 5.69 Å². The predicted molar refractivity (Wildman–Crippen MR) is 123 cm³/mol. The van der Waals surface area contributed by atoms with E-state index in [0.717, 1.165) is 24.1 Å². The van der Waals surface area contributed by atoms with Crippen LogP contribution in [0, 0.1) is 6.92 Å². The van der Waals surface area contributed by atoms with Gasteiger partial charge in [-0.2, -0.15) is 0 Å². The molecule has 0 saturated carbocycles. The monoisotopic (exact) mass is 448 g/mol. The molecule has 1 aliphatic heterocycles. The average molecular weight is 449 g/mol. The van der Waals surface area contributed by atoms with Crippen molar-refractivity contribution >= 4 is 17.5 Å². The van der Waals surface area contributed by atoms with E-state index in [1.807, 2.05) is 47.4 Å². The molecule has 2 heterocycles. The second kappa shape index (κ2) is 10.2. The molecule has 3 aromatic rings. The summed E-state index contributed by atoms with van der Waals surface area (Å²) in [6.45, 7) is 2.70. The van der Waals surface area contributed by atoms with Gasteiger partial charge in [0.25, 0.3) is 0 Å². The van der Waals surface area contributed by atoms with Crippen LogP contribution in [0.5, 0.6) is 5.75 Å². The number of aromatic nitrogens is 4. The molecule has 1 aliphatic rings. The van der Waals surface area contributed by atoms with Gasteiger partial charge in [0.05, 0.1) is 7.11 Å². The van der Waals surface area contributed by atoms with E-state index in [2.05, 4.69) is 26.9 Å². The van der Waals surface area contributed by atoms with Crippen molar-refractivity contribution in [2.24, 2.45) is 0 Å². The maximum absolute atomic E-state index is 13.1. The highest BCUT2D eigenvalue weighted by molar-refractivity contribution is 5.95. The normalized spacial score (nSPS) is 13.8. The minimum absolute atomic E-state index is 0.00500. The Hall–Kier alpha value is -3.75. The van der Waals surface area contributed by atoms with Gasteiger partial charge in [0.1, 0.15) is 17.6 Å². The van der Waals surface area contributed by atoms with Crippen LogP contribution < -0.4 is 15.0 Å². The highest BCUT2D eigenvalue weighted by Gasteiger charge is 2.26. The number of ether oxygens (including phenoxy) is 1. The van der Waals surface area contributed by atoms with Crippen molar-refractivity contribution in [2.45, 2.75) is 38.6 Å². The van der Waals surface area contributed by atoms with E-state index in [1.54, 1.807) is 14.0 Å². The second-order valence-electron chi connectivity index (χ2n) is 8.06. The minimum atomic E-state index is -0.641. The third kappa shape index (κ3) is 5.19. The molecule has 0 aliphatic carbocycles. The smallest absolute Gasteiger partial charge is 0.245 e. The third-order valence-electron chi connectivity index (χ3n) is 5.87. The molecule has 1 aromatic heterocycles. The number of tetrazole rings is 1. The summed E-state index contributed by atoms with van der Waals surface area (Å²) < 4.78 is 6.81. The van der Waals surface area contributed by atoms with Crippen LogP contribution >= 0.6 is 0 Å². The second-order valence-corrected chi connectivity index (χ2v) is 8.06. The number of carbonyl (C=O) groups is 2. The van der Waals surface area contributed by atoms with Crippen LogP contribution in [0.2, 0.25) is 0 Å². The van der Waals surface area contributed by atoms with Gasteiger partial charge in [-0.25, -0.2) is 4.68 Å². The predicted octanol–water partition coefficient (Wildman–Crippen LogP) is 2.26. The molecule has 172 valence electrons. The number of hydrogen-bond donors (Lipinski definition) is 1. The fourth-order valence-electron chi connectivity index (χ4n) is 4.18. The number of rotatable bonds is 8. The summed E-state index contributed by atoms with van der Waals surface area (Å²) in [5, 5.41) is 14.5. The summed E-state index contributed by atoms with van der Waals surface area (Å²) in [6.07, 6.45) is 2.53. The van der Waals surface area contributed by atoms with E-state index in [1.165, 1.54) is 10.2 Å². The van der Waals surface area contributed by atoms with Gasteiger partial charge in [-0.15, -0.1) is 5.10 Å². The first-order valence-corrected chi connectivity index (χ1v) is 11.1. The lowest BCUT2D eigenvalue weighted by atomic mass is 10.0. The highest BCUT2D eigenvalue weighted by atomic mass is 16.5. The summed E-state index contributed by atoms with van der Waals surface area (Å²) in [4.78, 5) is 27.8. The van der Waals surface area contributed by atoms with Gasteiger partial charge in [-0.1, -0.05) is 30.3 Å². The molecule has 9 nitrogen and oxygen atoms in total. The van der Waals surface area contributed by atoms with E-state index in [4.69, 9.17) is 4.74 Å². The lowest BCUT2D eigenvalue weighted by Gasteiger charge is -2.29. The molecule has 4 rings (SSSR count). The zero-order valence-corrected chi connectivity index (χ0v) is 18.9. The number of nitrogens with zero attached hydrogens (tertiary/aromatic N) is 5. The van der Waals surface area contributed by atoms with Gasteiger partial charge < -0.3 is 15.0 Å². The molecule has 1 N–H and O–H groups in total. The fraction of sp³-hybridized carbons (Fsp3) is 0.375. The molecule has 33 heavy (non-hydrogen) atoms. The molecule has 0 fully saturated rings. The van der Waals surface area contributed by atoms with Crippen LogP contribution in [-0.2, 0) is 22.4 Å². The Morgan fingerprint density at radius 2 is 2.03 bits per heavy atom. The number of hydrogen-bond acceptors (Lipinski definition) is 6. The van der Waals surface area contributed by atoms with Crippen LogP contribution in [-0.4, -0.2) is 52.2 Å². The quantitative estimate of drug-likeness (QED) is 0.567. The summed E-state index contributed by atoms with van der Waals surface area (Å²) in [6, 6.07) is 14.9. The molecule has 1 atom stereocenters. The van der Waals surface area contributed by atoms with Gasteiger partial charge in [-0.3, -0.25) is 9.59 Å². The van der Waals surface area contributed by atoms with E-state index < -0.39 is 6.04 Å². The van der Waals surface area contributed by atoms with Crippen LogP contribution in [0.1, 0.15) is 35.8 Å². The Kier molecular flexibility index (Phi) is 6.97. The van der Waals surface area contributed by atoms with Crippen molar-refractivity contribution in [1.29, 1.82) is 0 Å². The Balaban J connectivity index is 1.41. The van der Waals surface area contributed by atoms with Crippen LogP contribution in [0.3, 0.4) is 0 Å². The largest absolute Gasteiger partial charge is 0.497 e. The average Bonchev–Trinajstić information content (AvgIpc) is 3.27. The highest BCUT2D eigenvalue weighted by Crippen LogP contribution is 2.27. The van der Waals surface area contributed by atoms with Crippen molar-refractivity contribution in [3.05, 3.63) is 65.5 Å². The zero-order valence-electron chi connectivity index (χ0n) is 18.9. The maximum Gasteiger partial charge on any atom is 0.245 e. The molecule has 0 unspecified atom stereocenters. The molecule has 0 saturated heterocycles. The third-order valence-corrected chi connectivity index (χ3v) is 5.87.